The molecule has 2 nitrogen and oxygen atoms in total. The van der Waals surface area contributed by atoms with Gasteiger partial charge in [-0.25, -0.2) is 0 Å². The summed E-state index contributed by atoms with van der Waals surface area (Å²) in [4.78, 5) is 11.3. The maximum Gasteiger partial charge on any atom is 0.421 e. The summed E-state index contributed by atoms with van der Waals surface area (Å²) in [6.45, 7) is 0. The third-order valence-corrected chi connectivity index (χ3v) is 3.93. The Morgan fingerprint density at radius 2 is 1.46 bits per heavy atom. The van der Waals surface area contributed by atoms with E-state index in [2.05, 4.69) is 0 Å². The molecular formula is C16H14F6O2. The van der Waals surface area contributed by atoms with E-state index in [1.807, 2.05) is 0 Å². The minimum atomic E-state index is -5.10. The second-order valence-corrected chi connectivity index (χ2v) is 5.73. The molecule has 1 aromatic rings. The predicted molar refractivity (Wildman–Crippen MR) is 73.0 cm³/mol. The molecule has 0 spiro atoms. The lowest BCUT2D eigenvalue weighted by atomic mass is 9.82. The van der Waals surface area contributed by atoms with Crippen LogP contribution in [-0.2, 0) is 16.6 Å². The van der Waals surface area contributed by atoms with Gasteiger partial charge in [-0.05, 0) is 36.6 Å². The smallest absolute Gasteiger partial charge is 0.376 e. The van der Waals surface area contributed by atoms with Crippen LogP contribution in [0, 0.1) is 0 Å². The lowest BCUT2D eigenvalue weighted by Gasteiger charge is -2.32. The first kappa shape index (κ1) is 18.5. The van der Waals surface area contributed by atoms with Crippen molar-refractivity contribution in [3.05, 3.63) is 47.0 Å². The average molecular weight is 352 g/mol. The fourth-order valence-electron chi connectivity index (χ4n) is 2.63. The van der Waals surface area contributed by atoms with Gasteiger partial charge in [0.25, 0.3) is 0 Å². The van der Waals surface area contributed by atoms with Crippen LogP contribution in [0.2, 0.25) is 0 Å². The molecule has 0 aliphatic heterocycles. The summed E-state index contributed by atoms with van der Waals surface area (Å²) in [5.41, 5.74) is -5.02. The van der Waals surface area contributed by atoms with Gasteiger partial charge in [-0.1, -0.05) is 17.7 Å². The van der Waals surface area contributed by atoms with Gasteiger partial charge in [-0.3, -0.25) is 4.79 Å². The number of allylic oxidation sites excluding steroid dienone is 1. The quantitative estimate of drug-likeness (QED) is 0.812. The molecule has 0 amide bonds. The zero-order valence-corrected chi connectivity index (χ0v) is 12.3. The molecule has 1 aliphatic carbocycles. The van der Waals surface area contributed by atoms with Gasteiger partial charge in [-0.2, -0.15) is 26.3 Å². The van der Waals surface area contributed by atoms with E-state index in [1.165, 1.54) is 0 Å². The Labute approximate surface area is 133 Å². The third-order valence-electron chi connectivity index (χ3n) is 3.93. The summed E-state index contributed by atoms with van der Waals surface area (Å²) in [6.07, 6.45) is -8.76. The van der Waals surface area contributed by atoms with Gasteiger partial charge in [0, 0.05) is 12.8 Å². The van der Waals surface area contributed by atoms with Gasteiger partial charge in [0.1, 0.15) is 0 Å². The number of benzene rings is 1. The van der Waals surface area contributed by atoms with Gasteiger partial charge < -0.3 is 5.11 Å². The van der Waals surface area contributed by atoms with Crippen molar-refractivity contribution < 1.29 is 36.2 Å². The zero-order chi connectivity index (χ0) is 18.2. The summed E-state index contributed by atoms with van der Waals surface area (Å²) in [5.74, 6) is -0.326. The highest BCUT2D eigenvalue weighted by Crippen LogP contribution is 2.45. The highest BCUT2D eigenvalue weighted by Gasteiger charge is 2.55. The molecule has 1 atom stereocenters. The van der Waals surface area contributed by atoms with Crippen molar-refractivity contribution in [3.63, 3.8) is 0 Å². The molecule has 1 N–H and O–H groups in total. The molecule has 2 rings (SSSR count). The number of hydrogen-bond acceptors (Lipinski definition) is 2. The van der Waals surface area contributed by atoms with E-state index >= 15 is 0 Å². The summed E-state index contributed by atoms with van der Waals surface area (Å²) in [7, 11) is 0. The van der Waals surface area contributed by atoms with E-state index in [4.69, 9.17) is 0 Å². The molecular weight excluding hydrogens is 338 g/mol. The van der Waals surface area contributed by atoms with Crippen LogP contribution in [0.5, 0.6) is 0 Å². The SMILES string of the molecule is O=C1C=C(C[C@](O)(c2ccc(C(F)(F)F)cc2)C(F)(F)F)CCC1. The summed E-state index contributed by atoms with van der Waals surface area (Å²) in [5, 5.41) is 10.2. The lowest BCUT2D eigenvalue weighted by molar-refractivity contribution is -0.266. The van der Waals surface area contributed by atoms with Crippen molar-refractivity contribution in [2.45, 2.75) is 43.6 Å². The number of ketones is 1. The minimum absolute atomic E-state index is 0.131. The largest absolute Gasteiger partial charge is 0.421 e. The predicted octanol–water partition coefficient (Wildman–Crippen LogP) is 4.52. The maximum atomic E-state index is 13.4. The molecule has 0 saturated heterocycles. The molecule has 0 unspecified atom stereocenters. The Bertz CT molecular complexity index is 642. The number of aliphatic hydroxyl groups is 1. The average Bonchev–Trinajstić information content (AvgIpc) is 2.45. The maximum absolute atomic E-state index is 13.4. The number of halogens is 6. The molecule has 0 radical (unpaired) electrons. The van der Waals surface area contributed by atoms with Gasteiger partial charge in [-0.15, -0.1) is 0 Å². The molecule has 132 valence electrons. The van der Waals surface area contributed by atoms with Crippen LogP contribution in [0.25, 0.3) is 0 Å². The number of carbonyl (C=O) groups excluding carboxylic acids is 1. The van der Waals surface area contributed by atoms with E-state index in [1.54, 1.807) is 0 Å². The number of alkyl halides is 6. The Morgan fingerprint density at radius 3 is 1.92 bits per heavy atom. The van der Waals surface area contributed by atoms with Crippen LogP contribution in [0.3, 0.4) is 0 Å². The second kappa shape index (κ2) is 6.23. The summed E-state index contributed by atoms with van der Waals surface area (Å²) in [6, 6.07) is 2.21. The van der Waals surface area contributed by atoms with Gasteiger partial charge >= 0.3 is 12.4 Å². The molecule has 0 bridgehead atoms. The van der Waals surface area contributed by atoms with Crippen molar-refractivity contribution in [1.29, 1.82) is 0 Å². The van der Waals surface area contributed by atoms with E-state index in [0.717, 1.165) is 6.08 Å². The van der Waals surface area contributed by atoms with E-state index in [0.29, 0.717) is 30.7 Å². The van der Waals surface area contributed by atoms with Crippen LogP contribution in [0.4, 0.5) is 26.3 Å². The van der Waals surface area contributed by atoms with Crippen LogP contribution >= 0.6 is 0 Å². The summed E-state index contributed by atoms with van der Waals surface area (Å²) >= 11 is 0. The molecule has 1 aliphatic rings. The van der Waals surface area contributed by atoms with E-state index < -0.39 is 35.5 Å². The van der Waals surface area contributed by atoms with Crippen molar-refractivity contribution in [3.8, 4) is 0 Å². The lowest BCUT2D eigenvalue weighted by Crippen LogP contribution is -2.43. The van der Waals surface area contributed by atoms with Crippen molar-refractivity contribution in [2.75, 3.05) is 0 Å². The van der Waals surface area contributed by atoms with Crippen LogP contribution < -0.4 is 0 Å². The van der Waals surface area contributed by atoms with Gasteiger partial charge in [0.2, 0.25) is 0 Å². The first-order valence-corrected chi connectivity index (χ1v) is 7.12. The first-order valence-electron chi connectivity index (χ1n) is 7.12. The number of carbonyl (C=O) groups is 1. The van der Waals surface area contributed by atoms with E-state index in [9.17, 15) is 36.2 Å². The monoisotopic (exact) mass is 352 g/mol. The fourth-order valence-corrected chi connectivity index (χ4v) is 2.63. The first-order chi connectivity index (χ1) is 10.9. The van der Waals surface area contributed by atoms with Crippen LogP contribution in [-0.4, -0.2) is 17.1 Å². The number of rotatable bonds is 3. The molecule has 0 heterocycles. The molecule has 0 saturated carbocycles. The normalized spacial score (nSPS) is 19.0. The Balaban J connectivity index is 2.39. The van der Waals surface area contributed by atoms with Gasteiger partial charge in [0.05, 0.1) is 5.56 Å². The molecule has 24 heavy (non-hydrogen) atoms. The van der Waals surface area contributed by atoms with Crippen molar-refractivity contribution in [2.24, 2.45) is 0 Å². The van der Waals surface area contributed by atoms with Crippen LogP contribution in [0.1, 0.15) is 36.8 Å². The standard InChI is InChI=1S/C16H14F6O2/c17-15(18,19)12-6-4-11(5-7-12)14(24,16(20,21)22)9-10-2-1-3-13(23)8-10/h4-8,24H,1-3,9H2/t14-/m0/s1. The summed E-state index contributed by atoms with van der Waals surface area (Å²) < 4.78 is 77.8. The Morgan fingerprint density at radius 1 is 0.917 bits per heavy atom. The zero-order valence-electron chi connectivity index (χ0n) is 12.3. The van der Waals surface area contributed by atoms with Crippen LogP contribution in [0.15, 0.2) is 35.9 Å². The highest BCUT2D eigenvalue weighted by molar-refractivity contribution is 5.91. The molecule has 0 aromatic heterocycles. The fraction of sp³-hybridized carbons (Fsp3) is 0.438. The highest BCUT2D eigenvalue weighted by atomic mass is 19.4. The molecule has 0 fully saturated rings. The van der Waals surface area contributed by atoms with Crippen molar-refractivity contribution in [1.82, 2.24) is 0 Å². The minimum Gasteiger partial charge on any atom is -0.376 e. The second-order valence-electron chi connectivity index (χ2n) is 5.73. The van der Waals surface area contributed by atoms with E-state index in [-0.39, 0.29) is 24.2 Å². The topological polar surface area (TPSA) is 37.3 Å². The van der Waals surface area contributed by atoms with Gasteiger partial charge in [0.15, 0.2) is 11.4 Å². The Kier molecular flexibility index (Phi) is 4.81. The third kappa shape index (κ3) is 3.80. The van der Waals surface area contributed by atoms with Crippen molar-refractivity contribution >= 4 is 5.78 Å². The molecule has 8 heteroatoms. The molecule has 1 aromatic carbocycles. The number of hydrogen-bond donors (Lipinski definition) is 1. The Hall–Kier alpha value is -1.83.